The highest BCUT2D eigenvalue weighted by atomic mass is 16.5. The Kier molecular flexibility index (Phi) is 4.10. The smallest absolute Gasteiger partial charge is 0.229 e. The third-order valence-corrected chi connectivity index (χ3v) is 10.3. The molecule has 1 spiro atoms. The minimum absolute atomic E-state index is 0.256. The zero-order valence-electron chi connectivity index (χ0n) is 21.9. The molecule has 2 aliphatic carbocycles. The topological polar surface area (TPSA) is 24.8 Å². The van der Waals surface area contributed by atoms with E-state index in [1.807, 2.05) is 0 Å². The molecule has 3 aromatic carbocycles. The predicted octanol–water partition coefficient (Wildman–Crippen LogP) is 7.87. The average Bonchev–Trinajstić information content (AvgIpc) is 3.35. The number of fused-ring (bicyclic) bond motifs is 6. The Hall–Kier alpha value is -2.81. The van der Waals surface area contributed by atoms with Gasteiger partial charge in [0.25, 0.3) is 0 Å². The number of hydrogen-bond donors (Lipinski definition) is 0. The van der Waals surface area contributed by atoms with Gasteiger partial charge in [0.1, 0.15) is 11.4 Å². The van der Waals surface area contributed by atoms with Crippen LogP contribution in [0.4, 0.5) is 11.4 Å². The first-order chi connectivity index (χ1) is 16.7. The highest BCUT2D eigenvalue weighted by Crippen LogP contribution is 2.64. The van der Waals surface area contributed by atoms with Gasteiger partial charge in [0, 0.05) is 17.1 Å². The summed E-state index contributed by atoms with van der Waals surface area (Å²) >= 11 is 0. The molecule has 7 rings (SSSR count). The number of aryl methyl sites for hydroxylation is 2. The van der Waals surface area contributed by atoms with Crippen LogP contribution in [0.25, 0.3) is 10.8 Å². The Bertz CT molecular complexity index is 1420. The second-order valence-electron chi connectivity index (χ2n) is 12.6. The van der Waals surface area contributed by atoms with Crippen LogP contribution in [0.1, 0.15) is 63.6 Å². The van der Waals surface area contributed by atoms with E-state index < -0.39 is 5.72 Å². The lowest BCUT2D eigenvalue weighted by Crippen LogP contribution is -2.67. The molecule has 2 saturated carbocycles. The van der Waals surface area contributed by atoms with Crippen molar-refractivity contribution >= 4 is 28.4 Å². The van der Waals surface area contributed by atoms with Crippen LogP contribution in [0.15, 0.2) is 53.5 Å². The van der Waals surface area contributed by atoms with Crippen molar-refractivity contribution in [2.75, 3.05) is 4.90 Å². The van der Waals surface area contributed by atoms with E-state index >= 15 is 0 Å². The first-order valence-electron chi connectivity index (χ1n) is 13.3. The lowest BCUT2D eigenvalue weighted by atomic mass is 9.71. The van der Waals surface area contributed by atoms with Crippen LogP contribution >= 0.6 is 0 Å². The molecule has 35 heavy (non-hydrogen) atoms. The van der Waals surface area contributed by atoms with E-state index in [0.717, 1.165) is 28.7 Å². The number of rotatable bonds is 1. The van der Waals surface area contributed by atoms with Gasteiger partial charge in [0.15, 0.2) is 0 Å². The normalized spacial score (nSPS) is 33.9. The molecular formula is C32H36N2O. The monoisotopic (exact) mass is 464 g/mol. The van der Waals surface area contributed by atoms with Crippen molar-refractivity contribution < 1.29 is 4.74 Å². The van der Waals surface area contributed by atoms with Gasteiger partial charge in [-0.1, -0.05) is 50.2 Å². The van der Waals surface area contributed by atoms with Crippen LogP contribution in [0, 0.1) is 31.1 Å². The molecule has 2 aliphatic heterocycles. The van der Waals surface area contributed by atoms with Crippen molar-refractivity contribution in [3.63, 3.8) is 0 Å². The summed E-state index contributed by atoms with van der Waals surface area (Å²) in [6, 6.07) is 18.0. The van der Waals surface area contributed by atoms with Crippen molar-refractivity contribution in [1.29, 1.82) is 0 Å². The summed E-state index contributed by atoms with van der Waals surface area (Å²) in [5.74, 6) is 2.43. The summed E-state index contributed by atoms with van der Waals surface area (Å²) in [5.41, 5.74) is 5.78. The summed E-state index contributed by atoms with van der Waals surface area (Å²) < 4.78 is 7.27. The van der Waals surface area contributed by atoms with Gasteiger partial charge in [-0.3, -0.25) is 4.99 Å². The fourth-order valence-corrected chi connectivity index (χ4v) is 8.51. The van der Waals surface area contributed by atoms with Crippen molar-refractivity contribution in [1.82, 2.24) is 0 Å². The summed E-state index contributed by atoms with van der Waals surface area (Å²) in [7, 11) is 0. The summed E-state index contributed by atoms with van der Waals surface area (Å²) in [6.45, 7) is 14.2. The zero-order valence-corrected chi connectivity index (χ0v) is 21.9. The predicted molar refractivity (Wildman–Crippen MR) is 145 cm³/mol. The van der Waals surface area contributed by atoms with E-state index in [1.54, 1.807) is 0 Å². The van der Waals surface area contributed by atoms with Crippen LogP contribution < -0.4 is 9.64 Å². The fraction of sp³-hybridized carbons (Fsp3) is 0.469. The van der Waals surface area contributed by atoms with Crippen LogP contribution in [0.2, 0.25) is 0 Å². The SMILES string of the molecule is Cc1cc(C)c2c(c1)N(C1CC3CC(C)C1(C)C3)C1(C=Nc3c(ccc4ccccc34)O1)C2(C)C. The van der Waals surface area contributed by atoms with Crippen molar-refractivity contribution in [2.45, 2.75) is 78.0 Å². The molecule has 5 atom stereocenters. The van der Waals surface area contributed by atoms with Crippen LogP contribution in [-0.2, 0) is 5.41 Å². The Balaban J connectivity index is 1.48. The molecule has 3 heteroatoms. The number of nitrogens with zero attached hydrogens (tertiary/aromatic N) is 2. The van der Waals surface area contributed by atoms with E-state index in [1.165, 1.54) is 47.0 Å². The number of aliphatic imine (C=N–C) groups is 1. The van der Waals surface area contributed by atoms with Gasteiger partial charge in [0.2, 0.25) is 5.72 Å². The molecule has 0 amide bonds. The Morgan fingerprint density at radius 1 is 1.00 bits per heavy atom. The van der Waals surface area contributed by atoms with Crippen LogP contribution in [0.3, 0.4) is 0 Å². The standard InChI is InChI=1S/C32H36N2O/c1-19-13-20(2)28-25(14-19)34(27-16-22-15-21(3)31(27,6)17-22)32(30(28,4)5)18-33-29-24-10-8-7-9-23(24)11-12-26(29)35-32/h7-14,18,21-22,27H,15-17H2,1-6H3. The number of anilines is 1. The first kappa shape index (κ1) is 21.5. The van der Waals surface area contributed by atoms with E-state index in [4.69, 9.17) is 9.73 Å². The van der Waals surface area contributed by atoms with Crippen LogP contribution in [-0.4, -0.2) is 18.0 Å². The maximum Gasteiger partial charge on any atom is 0.229 e. The lowest BCUT2D eigenvalue weighted by molar-refractivity contribution is 0.0470. The molecule has 2 heterocycles. The van der Waals surface area contributed by atoms with Gasteiger partial charge >= 0.3 is 0 Å². The van der Waals surface area contributed by atoms with Crippen molar-refractivity contribution in [3.8, 4) is 5.75 Å². The third kappa shape index (κ3) is 2.54. The number of hydrogen-bond acceptors (Lipinski definition) is 3. The lowest BCUT2D eigenvalue weighted by Gasteiger charge is -2.53. The summed E-state index contributed by atoms with van der Waals surface area (Å²) in [4.78, 5) is 7.92. The Morgan fingerprint density at radius 3 is 2.57 bits per heavy atom. The summed E-state index contributed by atoms with van der Waals surface area (Å²) in [5, 5.41) is 2.36. The highest BCUT2D eigenvalue weighted by molar-refractivity contribution is 6.00. The molecule has 0 saturated heterocycles. The molecule has 0 radical (unpaired) electrons. The van der Waals surface area contributed by atoms with Crippen molar-refractivity contribution in [3.05, 3.63) is 65.2 Å². The van der Waals surface area contributed by atoms with Gasteiger partial charge in [0.05, 0.1) is 11.6 Å². The summed E-state index contributed by atoms with van der Waals surface area (Å²) in [6.07, 6.45) is 6.09. The second kappa shape index (κ2) is 6.69. The highest BCUT2D eigenvalue weighted by Gasteiger charge is 2.66. The first-order valence-corrected chi connectivity index (χ1v) is 13.3. The minimum Gasteiger partial charge on any atom is -0.459 e. The molecule has 4 aliphatic rings. The maximum atomic E-state index is 7.27. The third-order valence-electron chi connectivity index (χ3n) is 10.3. The van der Waals surface area contributed by atoms with E-state index in [9.17, 15) is 0 Å². The molecule has 0 aromatic heterocycles. The maximum absolute atomic E-state index is 7.27. The van der Waals surface area contributed by atoms with E-state index in [2.05, 4.69) is 101 Å². The quantitative estimate of drug-likeness (QED) is 0.366. The molecule has 2 bridgehead atoms. The molecule has 180 valence electrons. The van der Waals surface area contributed by atoms with Crippen LogP contribution in [0.5, 0.6) is 5.75 Å². The van der Waals surface area contributed by atoms with E-state index in [0.29, 0.717) is 6.04 Å². The van der Waals surface area contributed by atoms with Crippen molar-refractivity contribution in [2.24, 2.45) is 22.2 Å². The molecule has 3 aromatic rings. The zero-order chi connectivity index (χ0) is 24.3. The van der Waals surface area contributed by atoms with Gasteiger partial charge in [-0.2, -0.15) is 0 Å². The van der Waals surface area contributed by atoms with Gasteiger partial charge in [-0.25, -0.2) is 0 Å². The van der Waals surface area contributed by atoms with Gasteiger partial charge in [-0.15, -0.1) is 0 Å². The van der Waals surface area contributed by atoms with E-state index in [-0.39, 0.29) is 10.8 Å². The molecule has 2 fully saturated rings. The van der Waals surface area contributed by atoms with Gasteiger partial charge < -0.3 is 9.64 Å². The molecule has 5 unspecified atom stereocenters. The molecule has 0 N–H and O–H groups in total. The second-order valence-corrected chi connectivity index (χ2v) is 12.6. The Labute approximate surface area is 209 Å². The fourth-order valence-electron chi connectivity index (χ4n) is 8.51. The average molecular weight is 465 g/mol. The molecule has 3 nitrogen and oxygen atoms in total. The molecular weight excluding hydrogens is 428 g/mol. The Morgan fingerprint density at radius 2 is 1.80 bits per heavy atom. The minimum atomic E-state index is -0.652. The van der Waals surface area contributed by atoms with Gasteiger partial charge in [-0.05, 0) is 98.4 Å². The number of ether oxygens (including phenoxy) is 1. The number of benzene rings is 3. The largest absolute Gasteiger partial charge is 0.459 e.